The van der Waals surface area contributed by atoms with Gasteiger partial charge in [0.1, 0.15) is 17.5 Å². The molecule has 0 spiro atoms. The van der Waals surface area contributed by atoms with Crippen LogP contribution in [0.2, 0.25) is 10.0 Å². The predicted octanol–water partition coefficient (Wildman–Crippen LogP) is 5.78. The highest BCUT2D eigenvalue weighted by Crippen LogP contribution is 2.38. The molecule has 1 atom stereocenters. The van der Waals surface area contributed by atoms with Crippen molar-refractivity contribution in [2.75, 3.05) is 14.2 Å². The number of nitrogens with one attached hydrogen (secondary N) is 1. The molecule has 0 fully saturated rings. The maximum Gasteiger partial charge on any atom is 0.254 e. The van der Waals surface area contributed by atoms with E-state index in [1.54, 1.807) is 32.4 Å². The van der Waals surface area contributed by atoms with Crippen LogP contribution in [0.4, 0.5) is 0 Å². The molecule has 3 rings (SSSR count). The second-order valence-corrected chi connectivity index (χ2v) is 8.05. The quantitative estimate of drug-likeness (QED) is 0.405. The Bertz CT molecular complexity index is 1090. The maximum atomic E-state index is 12.7. The van der Waals surface area contributed by atoms with Crippen molar-refractivity contribution in [3.8, 4) is 22.6 Å². The topological polar surface area (TPSA) is 64.6 Å². The molecule has 0 aliphatic rings. The van der Waals surface area contributed by atoms with Crippen LogP contribution in [0.25, 0.3) is 11.1 Å². The van der Waals surface area contributed by atoms with Crippen molar-refractivity contribution in [1.29, 1.82) is 0 Å². The lowest BCUT2D eigenvalue weighted by Gasteiger charge is -2.17. The van der Waals surface area contributed by atoms with Crippen LogP contribution in [0.15, 0.2) is 60.7 Å². The van der Waals surface area contributed by atoms with Crippen LogP contribution in [-0.2, 0) is 11.2 Å². The molecule has 1 N–H and O–H groups in total. The second-order valence-electron chi connectivity index (χ2n) is 6.87. The van der Waals surface area contributed by atoms with E-state index in [1.807, 2.05) is 42.5 Å². The number of rotatable bonds is 8. The minimum Gasteiger partial charge on any atom is -0.496 e. The van der Waals surface area contributed by atoms with Crippen LogP contribution in [0, 0.1) is 0 Å². The molecule has 8 heteroatoms. The molecule has 32 heavy (non-hydrogen) atoms. The summed E-state index contributed by atoms with van der Waals surface area (Å²) in [5, 5.41) is 2.29. The van der Waals surface area contributed by atoms with E-state index in [-0.39, 0.29) is 22.0 Å². The lowest BCUT2D eigenvalue weighted by molar-refractivity contribution is -0.113. The van der Waals surface area contributed by atoms with E-state index in [2.05, 4.69) is 5.32 Å². The Morgan fingerprint density at radius 3 is 1.91 bits per heavy atom. The zero-order valence-corrected chi connectivity index (χ0v) is 19.6. The highest BCUT2D eigenvalue weighted by atomic mass is 35.5. The molecule has 1 amide bonds. The van der Waals surface area contributed by atoms with Gasteiger partial charge in [-0.05, 0) is 47.0 Å². The van der Waals surface area contributed by atoms with E-state index in [1.165, 1.54) is 0 Å². The highest BCUT2D eigenvalue weighted by molar-refractivity contribution is 6.65. The molecule has 0 saturated carbocycles. The Labute approximate surface area is 201 Å². The first-order valence-corrected chi connectivity index (χ1v) is 10.7. The van der Waals surface area contributed by atoms with E-state index in [0.29, 0.717) is 11.5 Å². The highest BCUT2D eigenvalue weighted by Gasteiger charge is 2.23. The molecule has 166 valence electrons. The van der Waals surface area contributed by atoms with Crippen molar-refractivity contribution < 1.29 is 19.1 Å². The van der Waals surface area contributed by atoms with Crippen LogP contribution in [0.3, 0.4) is 0 Å². The zero-order chi connectivity index (χ0) is 23.3. The molecule has 5 nitrogen and oxygen atoms in total. The molecule has 0 aliphatic heterocycles. The molecule has 0 saturated heterocycles. The lowest BCUT2D eigenvalue weighted by atomic mass is 9.99. The van der Waals surface area contributed by atoms with Crippen LogP contribution < -0.4 is 14.8 Å². The first kappa shape index (κ1) is 23.9. The van der Waals surface area contributed by atoms with Gasteiger partial charge in [0, 0.05) is 6.42 Å². The van der Waals surface area contributed by atoms with Gasteiger partial charge in [-0.25, -0.2) is 0 Å². The van der Waals surface area contributed by atoms with Crippen molar-refractivity contribution in [2.45, 2.75) is 12.5 Å². The van der Waals surface area contributed by atoms with Crippen LogP contribution >= 0.6 is 34.8 Å². The summed E-state index contributed by atoms with van der Waals surface area (Å²) in [6, 6.07) is 16.8. The van der Waals surface area contributed by atoms with Crippen molar-refractivity contribution in [3.63, 3.8) is 0 Å². The minimum atomic E-state index is -0.955. The van der Waals surface area contributed by atoms with Gasteiger partial charge in [0.05, 0.1) is 35.4 Å². The number of amides is 1. The van der Waals surface area contributed by atoms with E-state index < -0.39 is 17.2 Å². The number of hydrogen-bond acceptors (Lipinski definition) is 4. The van der Waals surface area contributed by atoms with Crippen LogP contribution in [-0.4, -0.2) is 31.4 Å². The molecular formula is C24H20Cl3NO4. The molecule has 0 aliphatic carbocycles. The third-order valence-corrected chi connectivity index (χ3v) is 5.77. The Morgan fingerprint density at radius 2 is 1.41 bits per heavy atom. The molecule has 3 aromatic rings. The lowest BCUT2D eigenvalue weighted by Crippen LogP contribution is -2.40. The summed E-state index contributed by atoms with van der Waals surface area (Å²) in [5.41, 5.74) is 2.59. The molecule has 0 aromatic heterocycles. The van der Waals surface area contributed by atoms with Gasteiger partial charge in [0.25, 0.3) is 5.91 Å². The average molecular weight is 493 g/mol. The smallest absolute Gasteiger partial charge is 0.254 e. The molecule has 3 aromatic carbocycles. The average Bonchev–Trinajstić information content (AvgIpc) is 2.78. The number of ether oxygens (including phenoxy) is 2. The fourth-order valence-corrected chi connectivity index (χ4v) is 4.01. The van der Waals surface area contributed by atoms with E-state index in [4.69, 9.17) is 44.3 Å². The minimum absolute atomic E-state index is 0.0948. The number of carbonyl (C=O) groups excluding carboxylic acids is 2. The number of halogens is 3. The van der Waals surface area contributed by atoms with E-state index in [9.17, 15) is 9.59 Å². The maximum absolute atomic E-state index is 12.7. The Balaban J connectivity index is 1.82. The fraction of sp³-hybridized carbons (Fsp3) is 0.167. The first-order valence-electron chi connectivity index (χ1n) is 9.60. The number of carbonyl (C=O) groups is 2. The molecule has 0 heterocycles. The standard InChI is InChI=1S/C24H20Cl3NO4/c1-31-19-7-4-8-20(32-2)21(19)15-11-9-14(10-12-15)13-18(23(27)29)28-24(30)22-16(25)5-3-6-17(22)26/h3-12,18H,13H2,1-2H3,(H,28,30)/t18-/m0/s1. The SMILES string of the molecule is COc1cccc(OC)c1-c1ccc(C[C@H](NC(=O)c2c(Cl)cccc2Cl)C(=O)Cl)cc1. The van der Waals surface area contributed by atoms with Crippen molar-refractivity contribution in [2.24, 2.45) is 0 Å². The Hall–Kier alpha value is -2.73. The van der Waals surface area contributed by atoms with Gasteiger partial charge in [-0.3, -0.25) is 9.59 Å². The van der Waals surface area contributed by atoms with Gasteiger partial charge < -0.3 is 14.8 Å². The van der Waals surface area contributed by atoms with Crippen LogP contribution in [0.5, 0.6) is 11.5 Å². The van der Waals surface area contributed by atoms with Crippen LogP contribution in [0.1, 0.15) is 15.9 Å². The number of benzene rings is 3. The summed E-state index contributed by atoms with van der Waals surface area (Å²) in [4.78, 5) is 24.6. The van der Waals surface area contributed by atoms with Gasteiger partial charge in [-0.2, -0.15) is 0 Å². The van der Waals surface area contributed by atoms with Gasteiger partial charge in [0.2, 0.25) is 5.24 Å². The molecule has 0 unspecified atom stereocenters. The second kappa shape index (κ2) is 10.7. The Kier molecular flexibility index (Phi) is 8.02. The molecule has 0 radical (unpaired) electrons. The number of hydrogen-bond donors (Lipinski definition) is 1. The third-order valence-electron chi connectivity index (χ3n) is 4.88. The summed E-state index contributed by atoms with van der Waals surface area (Å²) in [6.07, 6.45) is 0.194. The monoisotopic (exact) mass is 491 g/mol. The largest absolute Gasteiger partial charge is 0.496 e. The van der Waals surface area contributed by atoms with Crippen molar-refractivity contribution in [1.82, 2.24) is 5.32 Å². The van der Waals surface area contributed by atoms with Crippen molar-refractivity contribution in [3.05, 3.63) is 81.8 Å². The van der Waals surface area contributed by atoms with Gasteiger partial charge in [0.15, 0.2) is 0 Å². The first-order chi connectivity index (χ1) is 15.3. The fourth-order valence-electron chi connectivity index (χ4n) is 3.31. The van der Waals surface area contributed by atoms with Gasteiger partial charge in [-0.1, -0.05) is 59.6 Å². The summed E-state index contributed by atoms with van der Waals surface area (Å²) in [7, 11) is 3.19. The summed E-state index contributed by atoms with van der Waals surface area (Å²) in [6.45, 7) is 0. The predicted molar refractivity (Wildman–Crippen MR) is 127 cm³/mol. The molecular weight excluding hydrogens is 473 g/mol. The summed E-state index contributed by atoms with van der Waals surface area (Å²) >= 11 is 17.9. The number of methoxy groups -OCH3 is 2. The summed E-state index contributed by atoms with van der Waals surface area (Å²) in [5.74, 6) is 0.777. The zero-order valence-electron chi connectivity index (χ0n) is 17.3. The van der Waals surface area contributed by atoms with E-state index >= 15 is 0 Å². The van der Waals surface area contributed by atoms with Crippen molar-refractivity contribution >= 4 is 46.0 Å². The molecule has 0 bridgehead atoms. The normalized spacial score (nSPS) is 11.5. The third kappa shape index (κ3) is 5.36. The van der Waals surface area contributed by atoms with Gasteiger partial charge in [-0.15, -0.1) is 0 Å². The van der Waals surface area contributed by atoms with E-state index in [0.717, 1.165) is 16.7 Å². The summed E-state index contributed by atoms with van der Waals surface area (Å²) < 4.78 is 10.9. The van der Waals surface area contributed by atoms with Gasteiger partial charge >= 0.3 is 0 Å². The Morgan fingerprint density at radius 1 is 0.875 bits per heavy atom.